The lowest BCUT2D eigenvalue weighted by molar-refractivity contribution is 0.540. The lowest BCUT2D eigenvalue weighted by Crippen LogP contribution is -1.69. The number of halogens is 1. The minimum absolute atomic E-state index is 0.344. The van der Waals surface area contributed by atoms with Crippen molar-refractivity contribution < 1.29 is 8.83 Å². The molecule has 0 saturated heterocycles. The van der Waals surface area contributed by atoms with E-state index in [0.717, 1.165) is 21.1 Å². The molecule has 0 aliphatic carbocycles. The van der Waals surface area contributed by atoms with Crippen LogP contribution in [0.15, 0.2) is 43.8 Å². The van der Waals surface area contributed by atoms with E-state index in [1.807, 2.05) is 24.3 Å². The number of fused-ring (bicyclic) bond motifs is 1. The fourth-order valence-corrected chi connectivity index (χ4v) is 2.08. The van der Waals surface area contributed by atoms with Crippen LogP contribution in [-0.4, -0.2) is 4.98 Å². The lowest BCUT2D eigenvalue weighted by Gasteiger charge is -1.88. The topological polar surface area (TPSA) is 42.1 Å². The van der Waals surface area contributed by atoms with E-state index >= 15 is 0 Å². The highest BCUT2D eigenvalue weighted by Crippen LogP contribution is 2.28. The number of furan rings is 1. The zero-order valence-electron chi connectivity index (χ0n) is 7.99. The number of aromatic nitrogens is 1. The van der Waals surface area contributed by atoms with Crippen molar-refractivity contribution in [1.29, 1.82) is 0 Å². The van der Waals surface area contributed by atoms with Crippen LogP contribution in [0.25, 0.3) is 22.4 Å². The summed E-state index contributed by atoms with van der Waals surface area (Å²) in [7, 11) is 0. The minimum Gasteiger partial charge on any atom is -0.454 e. The zero-order valence-corrected chi connectivity index (χ0v) is 10.4. The van der Waals surface area contributed by atoms with Gasteiger partial charge in [0.25, 0.3) is 4.84 Å². The monoisotopic (exact) mass is 295 g/mol. The molecule has 0 saturated carbocycles. The molecule has 0 radical (unpaired) electrons. The van der Waals surface area contributed by atoms with Crippen LogP contribution in [0.2, 0.25) is 0 Å². The Hall–Kier alpha value is -1.33. The molecule has 3 nitrogen and oxygen atoms in total. The SMILES string of the molecule is S=c1[nH]c(-c2cc3cc(Br)ccc3o2)co1. The third kappa shape index (κ3) is 1.62. The molecule has 1 N–H and O–H groups in total. The smallest absolute Gasteiger partial charge is 0.266 e. The molecule has 5 heteroatoms. The van der Waals surface area contributed by atoms with Crippen molar-refractivity contribution in [2.75, 3.05) is 0 Å². The van der Waals surface area contributed by atoms with Crippen LogP contribution in [0.4, 0.5) is 0 Å². The van der Waals surface area contributed by atoms with Gasteiger partial charge in [0.2, 0.25) is 0 Å². The summed E-state index contributed by atoms with van der Waals surface area (Å²) in [5, 5.41) is 1.03. The molecule has 0 atom stereocenters. The summed E-state index contributed by atoms with van der Waals surface area (Å²) >= 11 is 8.28. The lowest BCUT2D eigenvalue weighted by atomic mass is 10.2. The fourth-order valence-electron chi connectivity index (χ4n) is 1.55. The molecule has 0 fully saturated rings. The first kappa shape index (κ1) is 9.86. The molecule has 2 heterocycles. The molecular weight excluding hydrogens is 290 g/mol. The summed E-state index contributed by atoms with van der Waals surface area (Å²) in [6, 6.07) is 7.79. The summed E-state index contributed by atoms with van der Waals surface area (Å²) in [6.45, 7) is 0. The molecular formula is C11H6BrNO2S. The molecule has 3 aromatic rings. The van der Waals surface area contributed by atoms with Gasteiger partial charge in [-0.3, -0.25) is 0 Å². The Bertz CT molecular complexity index is 710. The average Bonchev–Trinajstić information content (AvgIpc) is 2.83. The fraction of sp³-hybridized carbons (Fsp3) is 0. The van der Waals surface area contributed by atoms with Crippen LogP contribution in [-0.2, 0) is 0 Å². The highest BCUT2D eigenvalue weighted by Gasteiger charge is 2.08. The van der Waals surface area contributed by atoms with Crippen molar-refractivity contribution in [3.05, 3.63) is 39.8 Å². The third-order valence-electron chi connectivity index (χ3n) is 2.26. The van der Waals surface area contributed by atoms with E-state index in [-0.39, 0.29) is 0 Å². The van der Waals surface area contributed by atoms with Gasteiger partial charge in [-0.1, -0.05) is 15.9 Å². The second-order valence-electron chi connectivity index (χ2n) is 3.35. The molecule has 2 aromatic heterocycles. The van der Waals surface area contributed by atoms with Crippen molar-refractivity contribution in [2.24, 2.45) is 0 Å². The Morgan fingerprint density at radius 1 is 1.25 bits per heavy atom. The van der Waals surface area contributed by atoms with Crippen LogP contribution in [0.3, 0.4) is 0 Å². The van der Waals surface area contributed by atoms with Crippen LogP contribution in [0.1, 0.15) is 0 Å². The second kappa shape index (κ2) is 3.61. The predicted octanol–water partition coefficient (Wildman–Crippen LogP) is 4.51. The summed E-state index contributed by atoms with van der Waals surface area (Å²) in [6.07, 6.45) is 1.55. The van der Waals surface area contributed by atoms with E-state index in [9.17, 15) is 0 Å². The van der Waals surface area contributed by atoms with Crippen molar-refractivity contribution in [3.63, 3.8) is 0 Å². The number of hydrogen-bond donors (Lipinski definition) is 1. The standard InChI is InChI=1S/C11H6BrNO2S/c12-7-1-2-9-6(3-7)4-10(15-9)8-5-14-11(16)13-8/h1-5H,(H,13,16). The first-order valence-electron chi connectivity index (χ1n) is 4.60. The van der Waals surface area contributed by atoms with Crippen LogP contribution >= 0.6 is 28.1 Å². The van der Waals surface area contributed by atoms with Crippen LogP contribution in [0, 0.1) is 4.84 Å². The Kier molecular flexibility index (Phi) is 2.22. The van der Waals surface area contributed by atoms with E-state index < -0.39 is 0 Å². The van der Waals surface area contributed by atoms with E-state index in [2.05, 4.69) is 20.9 Å². The van der Waals surface area contributed by atoms with Gasteiger partial charge in [0, 0.05) is 9.86 Å². The van der Waals surface area contributed by atoms with Gasteiger partial charge in [0.1, 0.15) is 17.5 Å². The highest BCUT2D eigenvalue weighted by atomic mass is 79.9. The van der Waals surface area contributed by atoms with Gasteiger partial charge in [-0.15, -0.1) is 0 Å². The summed E-state index contributed by atoms with van der Waals surface area (Å²) in [5.74, 6) is 0.716. The molecule has 1 aromatic carbocycles. The minimum atomic E-state index is 0.344. The molecule has 3 rings (SSSR count). The summed E-state index contributed by atoms with van der Waals surface area (Å²) < 4.78 is 11.7. The Morgan fingerprint density at radius 3 is 2.88 bits per heavy atom. The Morgan fingerprint density at radius 2 is 2.12 bits per heavy atom. The zero-order chi connectivity index (χ0) is 11.1. The molecule has 16 heavy (non-hydrogen) atoms. The molecule has 0 bridgehead atoms. The number of nitrogens with one attached hydrogen (secondary N) is 1. The van der Waals surface area contributed by atoms with Crippen molar-refractivity contribution >= 4 is 39.1 Å². The second-order valence-corrected chi connectivity index (χ2v) is 4.64. The van der Waals surface area contributed by atoms with Gasteiger partial charge in [-0.05, 0) is 36.5 Å². The number of hydrogen-bond acceptors (Lipinski definition) is 3. The van der Waals surface area contributed by atoms with Crippen molar-refractivity contribution in [2.45, 2.75) is 0 Å². The summed E-state index contributed by atoms with van der Waals surface area (Å²) in [5.41, 5.74) is 1.58. The largest absolute Gasteiger partial charge is 0.454 e. The van der Waals surface area contributed by atoms with Gasteiger partial charge in [-0.25, -0.2) is 0 Å². The predicted molar refractivity (Wildman–Crippen MR) is 66.8 cm³/mol. The molecule has 0 spiro atoms. The first-order chi connectivity index (χ1) is 7.72. The van der Waals surface area contributed by atoms with Crippen LogP contribution in [0.5, 0.6) is 0 Å². The third-order valence-corrected chi connectivity index (χ3v) is 2.96. The van der Waals surface area contributed by atoms with E-state index in [4.69, 9.17) is 21.1 Å². The molecule has 0 amide bonds. The maximum atomic E-state index is 5.66. The maximum Gasteiger partial charge on any atom is 0.266 e. The molecule has 0 unspecified atom stereocenters. The van der Waals surface area contributed by atoms with Gasteiger partial charge in [-0.2, -0.15) is 0 Å². The van der Waals surface area contributed by atoms with Gasteiger partial charge >= 0.3 is 0 Å². The van der Waals surface area contributed by atoms with Gasteiger partial charge in [0.05, 0.1) is 0 Å². The number of benzene rings is 1. The first-order valence-corrected chi connectivity index (χ1v) is 5.80. The van der Waals surface area contributed by atoms with E-state index in [1.165, 1.54) is 0 Å². The van der Waals surface area contributed by atoms with Crippen molar-refractivity contribution in [1.82, 2.24) is 4.98 Å². The number of oxazole rings is 1. The number of aromatic amines is 1. The Balaban J connectivity index is 2.22. The molecule has 80 valence electrons. The van der Waals surface area contributed by atoms with Gasteiger partial charge < -0.3 is 13.8 Å². The maximum absolute atomic E-state index is 5.66. The molecule has 0 aliphatic heterocycles. The van der Waals surface area contributed by atoms with E-state index in [1.54, 1.807) is 6.26 Å². The molecule has 0 aliphatic rings. The quantitative estimate of drug-likeness (QED) is 0.672. The normalized spacial score (nSPS) is 11.1. The Labute approximate surface area is 104 Å². The van der Waals surface area contributed by atoms with E-state index in [0.29, 0.717) is 10.6 Å². The highest BCUT2D eigenvalue weighted by molar-refractivity contribution is 9.10. The van der Waals surface area contributed by atoms with Gasteiger partial charge in [0.15, 0.2) is 5.76 Å². The van der Waals surface area contributed by atoms with Crippen LogP contribution < -0.4 is 0 Å². The number of rotatable bonds is 1. The van der Waals surface area contributed by atoms with Crippen molar-refractivity contribution in [3.8, 4) is 11.5 Å². The summed E-state index contributed by atoms with van der Waals surface area (Å²) in [4.78, 5) is 3.25. The number of H-pyrrole nitrogens is 1. The average molecular weight is 296 g/mol.